The number of nitro groups is 1. The Labute approximate surface area is 231 Å². The maximum Gasteiger partial charge on any atom is 0.347 e. The zero-order valence-electron chi connectivity index (χ0n) is 21.2. The molecular weight excluding hydrogens is 540 g/mol. The normalized spacial score (nSPS) is 12.2. The predicted octanol–water partition coefficient (Wildman–Crippen LogP) is 5.58. The molecule has 0 bridgehead atoms. The highest BCUT2D eigenvalue weighted by atomic mass is 35.5. The van der Waals surface area contributed by atoms with Crippen molar-refractivity contribution < 1.29 is 23.6 Å². The van der Waals surface area contributed by atoms with Gasteiger partial charge < -0.3 is 13.9 Å². The van der Waals surface area contributed by atoms with E-state index in [1.54, 1.807) is 55.5 Å². The van der Waals surface area contributed by atoms with E-state index in [-0.39, 0.29) is 23.9 Å². The van der Waals surface area contributed by atoms with Crippen LogP contribution in [0.2, 0.25) is 5.02 Å². The van der Waals surface area contributed by atoms with Crippen molar-refractivity contribution >= 4 is 51.3 Å². The summed E-state index contributed by atoms with van der Waals surface area (Å²) >= 11 is 6.11. The first-order valence-corrected chi connectivity index (χ1v) is 12.5. The zero-order valence-corrected chi connectivity index (χ0v) is 22.0. The number of ether oxygens (including phenoxy) is 2. The van der Waals surface area contributed by atoms with Crippen LogP contribution in [0.5, 0.6) is 5.75 Å². The first-order valence-electron chi connectivity index (χ1n) is 12.1. The number of hydrogen-bond donors (Lipinski definition) is 0. The molecule has 2 heterocycles. The van der Waals surface area contributed by atoms with Gasteiger partial charge in [0.05, 0.1) is 28.6 Å². The van der Waals surface area contributed by atoms with Gasteiger partial charge in [0.2, 0.25) is 5.82 Å². The van der Waals surface area contributed by atoms with E-state index in [1.807, 2.05) is 0 Å². The number of rotatable bonds is 8. The Balaban J connectivity index is 1.57. The molecular formula is C28H21ClN4O7. The molecule has 2 aromatic heterocycles. The van der Waals surface area contributed by atoms with Crippen molar-refractivity contribution in [2.75, 3.05) is 6.61 Å². The van der Waals surface area contributed by atoms with Gasteiger partial charge in [-0.1, -0.05) is 23.7 Å². The third-order valence-corrected chi connectivity index (χ3v) is 6.11. The van der Waals surface area contributed by atoms with Crippen molar-refractivity contribution in [1.29, 1.82) is 0 Å². The Hall–Kier alpha value is -5.03. The van der Waals surface area contributed by atoms with E-state index in [0.29, 0.717) is 32.5 Å². The van der Waals surface area contributed by atoms with Gasteiger partial charge in [-0.25, -0.2) is 9.78 Å². The molecule has 0 radical (unpaired) electrons. The fraction of sp³-hybridized carbons (Fsp3) is 0.143. The molecule has 3 aromatic carbocycles. The van der Waals surface area contributed by atoms with Crippen molar-refractivity contribution in [2.45, 2.75) is 20.0 Å². The van der Waals surface area contributed by atoms with Gasteiger partial charge in [-0.2, -0.15) is 9.78 Å². The van der Waals surface area contributed by atoms with Crippen molar-refractivity contribution in [3.63, 3.8) is 0 Å². The summed E-state index contributed by atoms with van der Waals surface area (Å²) < 4.78 is 17.4. The highest BCUT2D eigenvalue weighted by Gasteiger charge is 2.23. The van der Waals surface area contributed by atoms with E-state index in [4.69, 9.17) is 25.5 Å². The molecule has 11 nitrogen and oxygen atoms in total. The van der Waals surface area contributed by atoms with E-state index in [0.717, 1.165) is 4.68 Å². The maximum absolute atomic E-state index is 13.5. The predicted molar refractivity (Wildman–Crippen MR) is 149 cm³/mol. The summed E-state index contributed by atoms with van der Waals surface area (Å²) in [6.07, 6.45) is 0.230. The molecule has 0 spiro atoms. The van der Waals surface area contributed by atoms with Crippen LogP contribution in [0.15, 0.2) is 81.0 Å². The van der Waals surface area contributed by atoms with Crippen molar-refractivity contribution in [3.05, 3.63) is 97.8 Å². The fourth-order valence-electron chi connectivity index (χ4n) is 3.99. The third kappa shape index (κ3) is 5.27. The molecule has 0 saturated carbocycles. The smallest absolute Gasteiger partial charge is 0.347 e. The van der Waals surface area contributed by atoms with Crippen LogP contribution in [0.1, 0.15) is 19.4 Å². The number of nitrogens with zero attached hydrogens (tertiary/aromatic N) is 4. The molecule has 5 aromatic rings. The quantitative estimate of drug-likeness (QED) is 0.104. The second-order valence-electron chi connectivity index (χ2n) is 8.60. The summed E-state index contributed by atoms with van der Waals surface area (Å²) in [6, 6.07) is 17.7. The lowest BCUT2D eigenvalue weighted by molar-refractivity contribution is -0.386. The van der Waals surface area contributed by atoms with Crippen LogP contribution in [0, 0.1) is 10.1 Å². The minimum Gasteiger partial charge on any atom is -0.472 e. The molecule has 1 atom stereocenters. The molecule has 0 N–H and O–H groups in total. The second kappa shape index (κ2) is 11.0. The number of hydrogen-bond acceptors (Lipinski definition) is 9. The SMILES string of the molecule is CCOC(=O)[C@@H](C)Oc1ccc(C=Nn2c(-c3cc4cc(Cl)ccc4o3)nc3ccccc3c2=O)cc1[N+](=O)[O-]. The Morgan fingerprint density at radius 1 is 1.20 bits per heavy atom. The molecule has 0 aliphatic rings. The Kier molecular flexibility index (Phi) is 7.30. The Morgan fingerprint density at radius 2 is 2.00 bits per heavy atom. The van der Waals surface area contributed by atoms with Gasteiger partial charge in [-0.15, -0.1) is 0 Å². The molecule has 5 rings (SSSR count). The van der Waals surface area contributed by atoms with Gasteiger partial charge in [0.15, 0.2) is 17.6 Å². The van der Waals surface area contributed by atoms with Gasteiger partial charge in [0, 0.05) is 22.0 Å². The Bertz CT molecular complexity index is 1860. The van der Waals surface area contributed by atoms with E-state index in [1.165, 1.54) is 31.3 Å². The fourth-order valence-corrected chi connectivity index (χ4v) is 4.17. The summed E-state index contributed by atoms with van der Waals surface area (Å²) in [5, 5.41) is 17.6. The minimum atomic E-state index is -1.05. The van der Waals surface area contributed by atoms with Crippen LogP contribution in [-0.2, 0) is 9.53 Å². The second-order valence-corrected chi connectivity index (χ2v) is 9.04. The lowest BCUT2D eigenvalue weighted by atomic mass is 10.2. The van der Waals surface area contributed by atoms with Crippen LogP contribution in [-0.4, -0.2) is 39.5 Å². The monoisotopic (exact) mass is 560 g/mol. The molecule has 202 valence electrons. The topological polar surface area (TPSA) is 139 Å². The number of para-hydroxylation sites is 1. The van der Waals surface area contributed by atoms with Crippen LogP contribution in [0.4, 0.5) is 5.69 Å². The van der Waals surface area contributed by atoms with Crippen LogP contribution < -0.4 is 10.3 Å². The molecule has 0 fully saturated rings. The average Bonchev–Trinajstić information content (AvgIpc) is 3.36. The maximum atomic E-state index is 13.5. The largest absolute Gasteiger partial charge is 0.472 e. The molecule has 40 heavy (non-hydrogen) atoms. The summed E-state index contributed by atoms with van der Waals surface area (Å²) in [7, 11) is 0. The van der Waals surface area contributed by atoms with E-state index < -0.39 is 28.2 Å². The number of halogens is 1. The number of carbonyl (C=O) groups is 1. The number of nitro benzene ring substituents is 1. The summed E-state index contributed by atoms with van der Waals surface area (Å²) in [4.78, 5) is 41.1. The van der Waals surface area contributed by atoms with E-state index >= 15 is 0 Å². The standard InChI is InChI=1S/C28H21ClN4O7/c1-3-38-28(35)16(2)39-24-10-8-17(12-22(24)33(36)37)15-30-32-26(31-21-7-5-4-6-20(21)27(32)34)25-14-18-13-19(29)9-11-23(18)40-25/h4-16H,3H2,1-2H3/t16-/m1/s1. The van der Waals surface area contributed by atoms with Gasteiger partial charge in [0.1, 0.15) is 5.58 Å². The lowest BCUT2D eigenvalue weighted by Crippen LogP contribution is -2.26. The third-order valence-electron chi connectivity index (χ3n) is 5.88. The van der Waals surface area contributed by atoms with Gasteiger partial charge >= 0.3 is 11.7 Å². The van der Waals surface area contributed by atoms with Gasteiger partial charge in [-0.05, 0) is 62.4 Å². The zero-order chi connectivity index (χ0) is 28.4. The van der Waals surface area contributed by atoms with E-state index in [9.17, 15) is 19.7 Å². The molecule has 0 unspecified atom stereocenters. The number of aromatic nitrogens is 2. The van der Waals surface area contributed by atoms with Crippen molar-refractivity contribution in [1.82, 2.24) is 9.66 Å². The average molecular weight is 561 g/mol. The van der Waals surface area contributed by atoms with Gasteiger partial charge in [0.25, 0.3) is 5.56 Å². The lowest BCUT2D eigenvalue weighted by Gasteiger charge is -2.13. The molecule has 0 aliphatic heterocycles. The van der Waals surface area contributed by atoms with Crippen LogP contribution in [0.25, 0.3) is 33.5 Å². The van der Waals surface area contributed by atoms with Crippen molar-refractivity contribution in [2.24, 2.45) is 5.10 Å². The Morgan fingerprint density at radius 3 is 2.77 bits per heavy atom. The van der Waals surface area contributed by atoms with Crippen molar-refractivity contribution in [3.8, 4) is 17.3 Å². The minimum absolute atomic E-state index is 0.117. The number of furan rings is 1. The summed E-state index contributed by atoms with van der Waals surface area (Å²) in [5.74, 6) is -0.357. The van der Waals surface area contributed by atoms with Crippen LogP contribution in [0.3, 0.4) is 0 Å². The molecule has 0 saturated heterocycles. The number of benzene rings is 3. The molecule has 0 amide bonds. The first-order chi connectivity index (χ1) is 19.2. The number of carbonyl (C=O) groups excluding carboxylic acids is 1. The number of fused-ring (bicyclic) bond motifs is 2. The molecule has 0 aliphatic carbocycles. The van der Waals surface area contributed by atoms with Crippen LogP contribution >= 0.6 is 11.6 Å². The highest BCUT2D eigenvalue weighted by Crippen LogP contribution is 2.30. The van der Waals surface area contributed by atoms with Gasteiger partial charge in [-0.3, -0.25) is 14.9 Å². The van der Waals surface area contributed by atoms with E-state index in [2.05, 4.69) is 10.1 Å². The molecule has 12 heteroatoms. The first kappa shape index (κ1) is 26.6. The summed E-state index contributed by atoms with van der Waals surface area (Å²) in [5.41, 5.74) is 0.428. The summed E-state index contributed by atoms with van der Waals surface area (Å²) in [6.45, 7) is 3.23. The highest BCUT2D eigenvalue weighted by molar-refractivity contribution is 6.31. The number of esters is 1.